The van der Waals surface area contributed by atoms with Crippen molar-refractivity contribution < 1.29 is 14.6 Å². The Morgan fingerprint density at radius 3 is 2.47 bits per heavy atom. The van der Waals surface area contributed by atoms with Gasteiger partial charge in [-0.05, 0) is 47.2 Å². The molecule has 2 unspecified atom stereocenters. The number of esters is 1. The lowest BCUT2D eigenvalue weighted by molar-refractivity contribution is -0.0165. The summed E-state index contributed by atoms with van der Waals surface area (Å²) in [5.41, 5.74) is 1.65. The Bertz CT molecular complexity index is 1360. The zero-order chi connectivity index (χ0) is 20.5. The molecule has 0 spiro atoms. The lowest BCUT2D eigenvalue weighted by atomic mass is 9.79. The summed E-state index contributed by atoms with van der Waals surface area (Å²) in [6.07, 6.45) is 2.41. The van der Waals surface area contributed by atoms with Crippen LogP contribution in [0.4, 0.5) is 0 Å². The van der Waals surface area contributed by atoms with E-state index in [0.717, 1.165) is 51.9 Å². The number of fused-ring (bicyclic) bond motifs is 7. The van der Waals surface area contributed by atoms with Crippen LogP contribution in [-0.4, -0.2) is 11.1 Å². The number of ether oxygens (including phenoxy) is 1. The molecule has 6 rings (SSSR count). The average Bonchev–Trinajstić information content (AvgIpc) is 3.22. The largest absolute Gasteiger partial charge is 0.507 e. The minimum absolute atomic E-state index is 0.173. The number of hydrogen-bond acceptors (Lipinski definition) is 3. The highest BCUT2D eigenvalue weighted by Gasteiger charge is 2.59. The van der Waals surface area contributed by atoms with Crippen LogP contribution < -0.4 is 0 Å². The van der Waals surface area contributed by atoms with Crippen molar-refractivity contribution in [2.75, 3.05) is 0 Å². The maximum Gasteiger partial charge on any atom is 0.339 e. The number of aromatic hydroxyl groups is 1. The zero-order valence-electron chi connectivity index (χ0n) is 16.8. The number of carbonyl (C=O) groups excluding carboxylic acids is 1. The third-order valence-corrected chi connectivity index (χ3v) is 7.15. The van der Waals surface area contributed by atoms with Crippen LogP contribution in [0, 0.1) is 0 Å². The Kier molecular flexibility index (Phi) is 3.42. The quantitative estimate of drug-likeness (QED) is 0.411. The molecule has 0 radical (unpaired) electrons. The zero-order valence-corrected chi connectivity index (χ0v) is 16.8. The van der Waals surface area contributed by atoms with Crippen LogP contribution >= 0.6 is 0 Å². The van der Waals surface area contributed by atoms with Gasteiger partial charge in [-0.25, -0.2) is 4.79 Å². The Labute approximate surface area is 174 Å². The van der Waals surface area contributed by atoms with Gasteiger partial charge in [-0.3, -0.25) is 0 Å². The van der Waals surface area contributed by atoms with Crippen molar-refractivity contribution in [1.82, 2.24) is 0 Å². The molecule has 0 aromatic heterocycles. The Morgan fingerprint density at radius 2 is 1.63 bits per heavy atom. The van der Waals surface area contributed by atoms with Crippen LogP contribution in [0.3, 0.4) is 0 Å². The van der Waals surface area contributed by atoms with E-state index in [9.17, 15) is 9.90 Å². The smallest absolute Gasteiger partial charge is 0.339 e. The molecule has 148 valence electrons. The lowest BCUT2D eigenvalue weighted by Gasteiger charge is -2.31. The normalized spacial score (nSPS) is 24.3. The number of phenols is 1. The predicted molar refractivity (Wildman–Crippen MR) is 118 cm³/mol. The molecule has 1 N–H and O–H groups in total. The third kappa shape index (κ3) is 2.29. The number of phenolic OH excluding ortho intramolecular Hbond substituents is 1. The summed E-state index contributed by atoms with van der Waals surface area (Å²) in [5.74, 6) is 0.0411. The van der Waals surface area contributed by atoms with E-state index in [4.69, 9.17) is 4.74 Å². The van der Waals surface area contributed by atoms with Gasteiger partial charge in [-0.15, -0.1) is 0 Å². The lowest BCUT2D eigenvalue weighted by Crippen LogP contribution is -2.28. The van der Waals surface area contributed by atoms with Crippen LogP contribution in [0.5, 0.6) is 5.75 Å². The van der Waals surface area contributed by atoms with Crippen molar-refractivity contribution in [3.05, 3.63) is 89.5 Å². The topological polar surface area (TPSA) is 46.5 Å². The van der Waals surface area contributed by atoms with Crippen molar-refractivity contribution in [1.29, 1.82) is 0 Å². The average molecular weight is 394 g/mol. The Morgan fingerprint density at radius 1 is 0.900 bits per heavy atom. The molecule has 0 aliphatic heterocycles. The summed E-state index contributed by atoms with van der Waals surface area (Å²) in [7, 11) is 0. The fourth-order valence-corrected chi connectivity index (χ4v) is 5.72. The second-order valence-electron chi connectivity index (χ2n) is 9.05. The van der Waals surface area contributed by atoms with E-state index in [2.05, 4.69) is 13.0 Å². The van der Waals surface area contributed by atoms with Crippen molar-refractivity contribution in [2.45, 2.75) is 37.2 Å². The number of hydrogen-bond donors (Lipinski definition) is 1. The number of carbonyl (C=O) groups is 1. The molecule has 0 saturated heterocycles. The van der Waals surface area contributed by atoms with Gasteiger partial charge in [0.1, 0.15) is 11.4 Å². The summed E-state index contributed by atoms with van der Waals surface area (Å²) in [5, 5.41) is 15.1. The summed E-state index contributed by atoms with van der Waals surface area (Å²) in [6, 6.07) is 23.7. The number of rotatable bonds is 2. The van der Waals surface area contributed by atoms with E-state index in [1.54, 1.807) is 0 Å². The fourth-order valence-electron chi connectivity index (χ4n) is 5.72. The van der Waals surface area contributed by atoms with E-state index >= 15 is 0 Å². The van der Waals surface area contributed by atoms with Crippen LogP contribution in [0.2, 0.25) is 0 Å². The van der Waals surface area contributed by atoms with Gasteiger partial charge in [0.25, 0.3) is 0 Å². The maximum atomic E-state index is 13.2. The molecule has 4 aromatic rings. The second kappa shape index (κ2) is 5.85. The van der Waals surface area contributed by atoms with Gasteiger partial charge in [0.05, 0.1) is 5.56 Å². The fraction of sp³-hybridized carbons (Fsp3) is 0.222. The molecule has 1 saturated carbocycles. The summed E-state index contributed by atoms with van der Waals surface area (Å²) in [6.45, 7) is 2.18. The first kappa shape index (κ1) is 17.5. The summed E-state index contributed by atoms with van der Waals surface area (Å²) < 4.78 is 6.27. The standard InChI is InChI=1S/C27H22O3/c1-26-12-13-27(16-26,22-15-19-8-4-5-9-21(19)24(28)23(22)26)30-25(29)20-11-10-17-6-2-3-7-18(17)14-20/h2-11,14-15,28H,12-13,16H2,1H3. The highest BCUT2D eigenvalue weighted by atomic mass is 16.6. The van der Waals surface area contributed by atoms with E-state index in [-0.39, 0.29) is 11.4 Å². The first-order valence-corrected chi connectivity index (χ1v) is 10.5. The van der Waals surface area contributed by atoms with E-state index in [1.807, 2.05) is 66.7 Å². The van der Waals surface area contributed by atoms with E-state index in [1.165, 1.54) is 0 Å². The van der Waals surface area contributed by atoms with Gasteiger partial charge in [0, 0.05) is 28.3 Å². The van der Waals surface area contributed by atoms with Crippen molar-refractivity contribution >= 4 is 27.5 Å². The van der Waals surface area contributed by atoms with Crippen LogP contribution in [0.15, 0.2) is 72.8 Å². The van der Waals surface area contributed by atoms with Crippen molar-refractivity contribution in [3.8, 4) is 5.75 Å². The first-order chi connectivity index (χ1) is 14.5. The van der Waals surface area contributed by atoms with E-state index in [0.29, 0.717) is 11.3 Å². The molecule has 4 aromatic carbocycles. The van der Waals surface area contributed by atoms with Gasteiger partial charge in [0.15, 0.2) is 0 Å². The summed E-state index contributed by atoms with van der Waals surface area (Å²) in [4.78, 5) is 13.2. The van der Waals surface area contributed by atoms with Gasteiger partial charge >= 0.3 is 5.97 Å². The van der Waals surface area contributed by atoms with Gasteiger partial charge in [-0.1, -0.05) is 61.5 Å². The molecule has 1 fully saturated rings. The van der Waals surface area contributed by atoms with Crippen LogP contribution in [0.25, 0.3) is 21.5 Å². The van der Waals surface area contributed by atoms with Gasteiger partial charge in [-0.2, -0.15) is 0 Å². The molecular formula is C27H22O3. The molecule has 2 aliphatic carbocycles. The maximum absolute atomic E-state index is 13.2. The van der Waals surface area contributed by atoms with Gasteiger partial charge in [0.2, 0.25) is 0 Å². The van der Waals surface area contributed by atoms with E-state index < -0.39 is 5.60 Å². The second-order valence-corrected chi connectivity index (χ2v) is 9.05. The molecule has 3 heteroatoms. The SMILES string of the molecule is CC12CCC(OC(=O)c3ccc4ccccc4c3)(C1)c1cc3ccccc3c(O)c12. The molecule has 0 amide bonds. The third-order valence-electron chi connectivity index (χ3n) is 7.15. The molecular weight excluding hydrogens is 372 g/mol. The molecule has 2 bridgehead atoms. The molecule has 30 heavy (non-hydrogen) atoms. The minimum Gasteiger partial charge on any atom is -0.507 e. The Balaban J connectivity index is 1.45. The first-order valence-electron chi connectivity index (χ1n) is 10.5. The minimum atomic E-state index is -0.672. The number of benzene rings is 4. The molecule has 2 aliphatic rings. The van der Waals surface area contributed by atoms with Crippen LogP contribution in [0.1, 0.15) is 47.7 Å². The molecule has 2 atom stereocenters. The predicted octanol–water partition coefficient (Wildman–Crippen LogP) is 6.21. The molecule has 0 heterocycles. The van der Waals surface area contributed by atoms with Gasteiger partial charge < -0.3 is 9.84 Å². The molecule has 3 nitrogen and oxygen atoms in total. The van der Waals surface area contributed by atoms with Crippen LogP contribution in [-0.2, 0) is 15.8 Å². The highest BCUT2D eigenvalue weighted by molar-refractivity contribution is 5.96. The Hall–Kier alpha value is -3.33. The van der Waals surface area contributed by atoms with Crippen molar-refractivity contribution in [2.24, 2.45) is 0 Å². The monoisotopic (exact) mass is 394 g/mol. The highest BCUT2D eigenvalue weighted by Crippen LogP contribution is 2.64. The summed E-state index contributed by atoms with van der Waals surface area (Å²) >= 11 is 0. The van der Waals surface area contributed by atoms with Crippen molar-refractivity contribution in [3.63, 3.8) is 0 Å².